The molecule has 22 nitrogen and oxygen atoms in total. The smallest absolute Gasteiger partial charge is 0.256 e. The molecule has 3 heterocycles. The maximum atomic E-state index is 16.2. The second-order valence-electron chi connectivity index (χ2n) is 23.1. The molecule has 1 fully saturated rings. The third-order valence-corrected chi connectivity index (χ3v) is 25.2. The zero-order valence-corrected chi connectivity index (χ0v) is 61.1. The lowest BCUT2D eigenvalue weighted by atomic mass is 9.90. The minimum Gasteiger partial charge on any atom is -0.493 e. The lowest BCUT2D eigenvalue weighted by molar-refractivity contribution is -0.125. The second-order valence-corrected chi connectivity index (χ2v) is 32.9. The van der Waals surface area contributed by atoms with Gasteiger partial charge in [0.05, 0.1) is 123 Å². The number of aromatic nitrogens is 3. The van der Waals surface area contributed by atoms with Crippen LogP contribution in [-0.4, -0.2) is 132 Å². The number of nitrogens with one attached hydrogen (secondary N) is 1. The van der Waals surface area contributed by atoms with Gasteiger partial charge in [-0.3, -0.25) is 14.4 Å². The van der Waals surface area contributed by atoms with E-state index < -0.39 is 59.1 Å². The van der Waals surface area contributed by atoms with E-state index in [0.29, 0.717) is 102 Å². The summed E-state index contributed by atoms with van der Waals surface area (Å²) in [7, 11) is 0.320. The van der Waals surface area contributed by atoms with Crippen molar-refractivity contribution in [3.8, 4) is 34.5 Å². The monoisotopic (exact) mass is 1460 g/mol. The third kappa shape index (κ3) is 16.4. The minimum absolute atomic E-state index is 0.0209. The van der Waals surface area contributed by atoms with Crippen LogP contribution in [0.15, 0.2) is 154 Å². The summed E-state index contributed by atoms with van der Waals surface area (Å²) in [5.74, 6) is -0.798. The number of ether oxygens (including phenoxy) is 7. The molecule has 1 saturated carbocycles. The van der Waals surface area contributed by atoms with Crippen molar-refractivity contribution in [1.82, 2.24) is 15.0 Å². The number of amides is 3. The molecule has 10 aromatic rings. The fourth-order valence-electron chi connectivity index (χ4n) is 11.2. The first-order valence-electron chi connectivity index (χ1n) is 31.6. The molecule has 7 aromatic carbocycles. The van der Waals surface area contributed by atoms with Crippen LogP contribution in [0.25, 0.3) is 30.6 Å². The average molecular weight is 1460 g/mol. The van der Waals surface area contributed by atoms with Gasteiger partial charge in [-0.15, -0.1) is 0 Å². The number of carbonyl (C=O) groups excluding carboxylic acids is 3. The molecule has 3 unspecified atom stereocenters. The van der Waals surface area contributed by atoms with Gasteiger partial charge in [-0.25, -0.2) is 40.2 Å². The van der Waals surface area contributed by atoms with Crippen molar-refractivity contribution in [1.29, 1.82) is 0 Å². The third-order valence-electron chi connectivity index (χ3n) is 17.0. The van der Waals surface area contributed by atoms with E-state index in [1.807, 2.05) is 36.4 Å². The Bertz CT molecular complexity index is 4770. The quantitative estimate of drug-likeness (QED) is 0.0446. The normalized spacial score (nSPS) is 13.4. The summed E-state index contributed by atoms with van der Waals surface area (Å²) in [5, 5.41) is 6.23. The number of methoxy groups -OCH3 is 7. The van der Waals surface area contributed by atoms with Gasteiger partial charge in [-0.05, 0) is 83.8 Å². The average Bonchev–Trinajstić information content (AvgIpc) is 1.65. The lowest BCUT2D eigenvalue weighted by Gasteiger charge is -2.35. The summed E-state index contributed by atoms with van der Waals surface area (Å²) in [6.07, 6.45) is 2.82. The molecule has 3 aromatic heterocycles. The Hall–Kier alpha value is -8.77. The molecule has 11 rings (SSSR count). The number of hydrogen-bond acceptors (Lipinski definition) is 22. The van der Waals surface area contributed by atoms with Gasteiger partial charge in [0.1, 0.15) is 0 Å². The molecule has 0 radical (unpaired) electrons. The number of carbonyl (C=O) groups is 3. The first-order chi connectivity index (χ1) is 47.5. The van der Waals surface area contributed by atoms with Crippen molar-refractivity contribution in [3.63, 3.8) is 0 Å². The predicted molar refractivity (Wildman–Crippen MR) is 386 cm³/mol. The van der Waals surface area contributed by atoms with E-state index in [1.165, 1.54) is 109 Å². The topological polar surface area (TPSA) is 275 Å². The Kier molecular flexibility index (Phi) is 23.3. The number of thiazole rings is 3. The van der Waals surface area contributed by atoms with Crippen LogP contribution in [0, 0.1) is 5.92 Å². The SMILES string of the molecule is CCS(=O)(=O)c1ccc(C(CCOC)C(=O)Nc2nc3cc(OC)c(OC)cc3s2)cc1.CCS(=O)(=O)c1ccc(C(Cc2ccccc2)C(=O)N(c2nc3cc(OC)c(OC)cc3s2)N(C(=O)C(CC2CC2)c2ccc(S(=O)(=O)CC)cc2)c2nc3cc(OC)c(OC)cc3s2)cc1. The van der Waals surface area contributed by atoms with Crippen molar-refractivity contribution >= 4 is 127 Å². The van der Waals surface area contributed by atoms with Gasteiger partial charge in [0.2, 0.25) is 16.2 Å². The Morgan fingerprint density at radius 2 is 0.838 bits per heavy atom. The highest BCUT2D eigenvalue weighted by Gasteiger charge is 2.43. The summed E-state index contributed by atoms with van der Waals surface area (Å²) in [4.78, 5) is 60.5. The van der Waals surface area contributed by atoms with Crippen LogP contribution in [0.1, 0.15) is 86.5 Å². The second kappa shape index (κ2) is 31.6. The summed E-state index contributed by atoms with van der Waals surface area (Å²) >= 11 is 3.67. The maximum absolute atomic E-state index is 16.2. The Labute approximate surface area is 587 Å². The van der Waals surface area contributed by atoms with Gasteiger partial charge in [-0.2, -0.15) is 10.0 Å². The molecule has 0 bridgehead atoms. The summed E-state index contributed by atoms with van der Waals surface area (Å²) in [6.45, 7) is 5.13. The molecule has 99 heavy (non-hydrogen) atoms. The van der Waals surface area contributed by atoms with E-state index in [4.69, 9.17) is 43.1 Å². The Morgan fingerprint density at radius 3 is 1.22 bits per heavy atom. The van der Waals surface area contributed by atoms with E-state index in [-0.39, 0.29) is 60.5 Å². The first-order valence-corrected chi connectivity index (χ1v) is 39.0. The van der Waals surface area contributed by atoms with Gasteiger partial charge in [-0.1, -0.05) is 134 Å². The number of fused-ring (bicyclic) bond motifs is 3. The minimum atomic E-state index is -3.58. The van der Waals surface area contributed by atoms with E-state index in [2.05, 4.69) is 10.3 Å². The van der Waals surface area contributed by atoms with E-state index >= 15 is 9.59 Å². The number of rotatable bonds is 28. The zero-order chi connectivity index (χ0) is 70.9. The number of hydrazine groups is 1. The molecular weight excluding hydrogens is 1390 g/mol. The van der Waals surface area contributed by atoms with E-state index in [9.17, 15) is 30.0 Å². The number of hydrogen-bond donors (Lipinski definition) is 1. The summed E-state index contributed by atoms with van der Waals surface area (Å²) in [5.41, 5.74) is 4.23. The molecule has 1 N–H and O–H groups in total. The van der Waals surface area contributed by atoms with Crippen LogP contribution in [-0.2, 0) is 55.1 Å². The largest absolute Gasteiger partial charge is 0.493 e. The molecule has 1 aliphatic carbocycles. The zero-order valence-electron chi connectivity index (χ0n) is 56.2. The van der Waals surface area contributed by atoms with Crippen LogP contribution >= 0.6 is 34.0 Å². The van der Waals surface area contributed by atoms with Crippen molar-refractivity contribution < 1.29 is 72.8 Å². The highest BCUT2D eigenvalue weighted by molar-refractivity contribution is 7.92. The van der Waals surface area contributed by atoms with E-state index in [0.717, 1.165) is 23.1 Å². The predicted octanol–water partition coefficient (Wildman–Crippen LogP) is 13.3. The van der Waals surface area contributed by atoms with Crippen LogP contribution in [0.3, 0.4) is 0 Å². The van der Waals surface area contributed by atoms with Crippen molar-refractivity contribution in [2.75, 3.05) is 89.0 Å². The highest BCUT2D eigenvalue weighted by Crippen LogP contribution is 2.46. The maximum Gasteiger partial charge on any atom is 0.256 e. The molecule has 3 amide bonds. The van der Waals surface area contributed by atoms with Crippen molar-refractivity contribution in [2.24, 2.45) is 5.92 Å². The van der Waals surface area contributed by atoms with Crippen LogP contribution in [0.4, 0.5) is 15.4 Å². The van der Waals surface area contributed by atoms with Gasteiger partial charge in [0, 0.05) is 50.1 Å². The standard InChI is InChI=1S/C49H50N4O10S4.C22H26N2O6S2/c1-7-66(56,57)34-20-16-32(17-21-34)36(24-30-12-10-9-11-13-30)46(54)52(48-50-38-26-40(60-3)42(62-5)28-44(38)64-48)53(49-51-39-27-41(61-4)43(63-6)29-45(39)65-49)47(55)37(25-31-14-15-31)33-18-22-35(23-19-33)67(58,59)8-2;1-5-32(26,27)15-8-6-14(7-9-15)16(10-11-28-2)21(25)24-22-23-17-12-18(29-3)19(30-4)13-20(17)31-22/h9-13,16-23,26-29,31,36-37H,7-8,14-15,24-25H2,1-6H3;6-9,12-13,16H,5,10-11H2,1-4H3,(H,23,24,25). The van der Waals surface area contributed by atoms with Gasteiger partial charge in [0.15, 0.2) is 69.1 Å². The first kappa shape index (κ1) is 73.0. The van der Waals surface area contributed by atoms with Crippen molar-refractivity contribution in [2.45, 2.75) is 85.3 Å². The highest BCUT2D eigenvalue weighted by atomic mass is 32.2. The molecule has 3 atom stereocenters. The number of benzene rings is 7. The lowest BCUT2D eigenvalue weighted by Crippen LogP contribution is -2.54. The Balaban J connectivity index is 0.000000277. The fourth-order valence-corrected chi connectivity index (χ4v) is 16.7. The fraction of sp³-hybridized carbons (Fsp3) is 0.324. The molecular formula is C71H76N6O16S6. The van der Waals surface area contributed by atoms with Gasteiger partial charge in [0.25, 0.3) is 11.8 Å². The van der Waals surface area contributed by atoms with Gasteiger partial charge >= 0.3 is 0 Å². The molecule has 522 valence electrons. The number of anilines is 3. The van der Waals surface area contributed by atoms with Gasteiger partial charge < -0.3 is 38.5 Å². The molecule has 0 aliphatic heterocycles. The van der Waals surface area contributed by atoms with Crippen molar-refractivity contribution in [3.05, 3.63) is 162 Å². The number of sulfone groups is 3. The van der Waals surface area contributed by atoms with Crippen LogP contribution < -0.4 is 43.8 Å². The van der Waals surface area contributed by atoms with E-state index in [1.54, 1.807) is 109 Å². The summed E-state index contributed by atoms with van der Waals surface area (Å²) in [6, 6.07) is 39.1. The Morgan fingerprint density at radius 1 is 0.475 bits per heavy atom. The molecule has 1 aliphatic rings. The molecule has 0 spiro atoms. The number of nitrogens with zero attached hydrogens (tertiary/aromatic N) is 5. The molecule has 0 saturated heterocycles. The summed E-state index contributed by atoms with van der Waals surface area (Å²) < 4.78 is 117. The molecule has 28 heteroatoms. The van der Waals surface area contributed by atoms with Crippen LogP contribution in [0.5, 0.6) is 34.5 Å². The van der Waals surface area contributed by atoms with Crippen LogP contribution in [0.2, 0.25) is 0 Å².